The molecular weight excluding hydrogens is 424 g/mol. The van der Waals surface area contributed by atoms with Crippen LogP contribution >= 0.6 is 11.3 Å². The Bertz CT molecular complexity index is 1230. The molecule has 0 bridgehead atoms. The molecule has 0 aliphatic carbocycles. The standard InChI is InChI=1S/C21H24N2O5S2/c1-4-28-13-12-23-17-11-10-15(27-3)14-18(17)29-21(23)22-20(24)16-8-6-7-9-19(16)30(25,26)5-2/h6-11,14H,4-5,12-13H2,1-3H3. The molecule has 3 aromatic rings. The van der Waals surface area contributed by atoms with Gasteiger partial charge in [0.15, 0.2) is 14.6 Å². The number of sulfone groups is 1. The van der Waals surface area contributed by atoms with Crippen molar-refractivity contribution in [2.75, 3.05) is 26.1 Å². The highest BCUT2D eigenvalue weighted by atomic mass is 32.2. The van der Waals surface area contributed by atoms with Gasteiger partial charge in [0.05, 0.1) is 40.1 Å². The molecule has 0 atom stereocenters. The summed E-state index contributed by atoms with van der Waals surface area (Å²) in [6.07, 6.45) is 0. The van der Waals surface area contributed by atoms with Crippen LogP contribution in [-0.4, -0.2) is 45.0 Å². The van der Waals surface area contributed by atoms with E-state index < -0.39 is 15.7 Å². The lowest BCUT2D eigenvalue weighted by Crippen LogP contribution is -2.20. The number of thiazole rings is 1. The number of ether oxygens (including phenoxy) is 2. The van der Waals surface area contributed by atoms with Gasteiger partial charge in [-0.2, -0.15) is 4.99 Å². The van der Waals surface area contributed by atoms with E-state index in [0.717, 1.165) is 10.2 Å². The Kier molecular flexibility index (Phi) is 7.06. The number of fused-ring (bicyclic) bond motifs is 1. The van der Waals surface area contributed by atoms with Crippen molar-refractivity contribution in [1.82, 2.24) is 4.57 Å². The first-order valence-corrected chi connectivity index (χ1v) is 12.0. The van der Waals surface area contributed by atoms with Crippen LogP contribution in [0.25, 0.3) is 10.2 Å². The predicted octanol–water partition coefficient (Wildman–Crippen LogP) is 3.28. The van der Waals surface area contributed by atoms with E-state index in [-0.39, 0.29) is 16.2 Å². The Morgan fingerprint density at radius 2 is 1.93 bits per heavy atom. The van der Waals surface area contributed by atoms with Gasteiger partial charge in [0.25, 0.3) is 5.91 Å². The number of methoxy groups -OCH3 is 1. The van der Waals surface area contributed by atoms with E-state index in [4.69, 9.17) is 9.47 Å². The SMILES string of the molecule is CCOCCn1c(=NC(=O)c2ccccc2S(=O)(=O)CC)sc2cc(OC)ccc21. The number of benzene rings is 2. The highest BCUT2D eigenvalue weighted by molar-refractivity contribution is 7.91. The number of amides is 1. The second-order valence-corrected chi connectivity index (χ2v) is 9.64. The lowest BCUT2D eigenvalue weighted by atomic mass is 10.2. The normalized spacial score (nSPS) is 12.4. The summed E-state index contributed by atoms with van der Waals surface area (Å²) >= 11 is 1.34. The molecule has 2 aromatic carbocycles. The van der Waals surface area contributed by atoms with E-state index >= 15 is 0 Å². The highest BCUT2D eigenvalue weighted by Gasteiger charge is 2.20. The molecular formula is C21H24N2O5S2. The van der Waals surface area contributed by atoms with Gasteiger partial charge in [-0.05, 0) is 37.3 Å². The van der Waals surface area contributed by atoms with Crippen LogP contribution in [-0.2, 0) is 21.1 Å². The minimum atomic E-state index is -3.55. The van der Waals surface area contributed by atoms with Gasteiger partial charge in [0, 0.05) is 13.2 Å². The van der Waals surface area contributed by atoms with E-state index in [0.29, 0.717) is 30.3 Å². The van der Waals surface area contributed by atoms with Crippen LogP contribution in [0.2, 0.25) is 0 Å². The minimum absolute atomic E-state index is 0.00453. The molecule has 0 saturated heterocycles. The summed E-state index contributed by atoms with van der Waals surface area (Å²) in [6.45, 7) is 5.04. The van der Waals surface area contributed by atoms with Gasteiger partial charge < -0.3 is 14.0 Å². The summed E-state index contributed by atoms with van der Waals surface area (Å²) in [4.78, 5) is 17.8. The van der Waals surface area contributed by atoms with Crippen LogP contribution in [0.1, 0.15) is 24.2 Å². The predicted molar refractivity (Wildman–Crippen MR) is 117 cm³/mol. The largest absolute Gasteiger partial charge is 0.497 e. The summed E-state index contributed by atoms with van der Waals surface area (Å²) in [6, 6.07) is 11.8. The first kappa shape index (κ1) is 22.2. The summed E-state index contributed by atoms with van der Waals surface area (Å²) in [7, 11) is -1.95. The van der Waals surface area contributed by atoms with E-state index in [1.165, 1.54) is 23.5 Å². The fourth-order valence-electron chi connectivity index (χ4n) is 3.00. The molecule has 0 aliphatic rings. The first-order valence-electron chi connectivity index (χ1n) is 9.57. The van der Waals surface area contributed by atoms with Crippen molar-refractivity contribution in [3.05, 3.63) is 52.8 Å². The van der Waals surface area contributed by atoms with Crippen LogP contribution in [0.5, 0.6) is 5.75 Å². The molecule has 160 valence electrons. The summed E-state index contributed by atoms with van der Waals surface area (Å²) in [5.41, 5.74) is 0.979. The molecule has 30 heavy (non-hydrogen) atoms. The van der Waals surface area contributed by atoms with Gasteiger partial charge in [0.2, 0.25) is 0 Å². The second kappa shape index (κ2) is 9.55. The molecule has 1 amide bonds. The van der Waals surface area contributed by atoms with Gasteiger partial charge in [-0.3, -0.25) is 4.79 Å². The number of carbonyl (C=O) groups is 1. The molecule has 0 unspecified atom stereocenters. The Morgan fingerprint density at radius 3 is 2.63 bits per heavy atom. The molecule has 0 saturated carbocycles. The maximum Gasteiger partial charge on any atom is 0.280 e. The Hall–Kier alpha value is -2.49. The van der Waals surface area contributed by atoms with Crippen molar-refractivity contribution in [2.24, 2.45) is 4.99 Å². The smallest absolute Gasteiger partial charge is 0.280 e. The van der Waals surface area contributed by atoms with Crippen molar-refractivity contribution in [1.29, 1.82) is 0 Å². The molecule has 0 aliphatic heterocycles. The fourth-order valence-corrected chi connectivity index (χ4v) is 5.17. The molecule has 0 fully saturated rings. The maximum atomic E-state index is 13.0. The number of carbonyl (C=O) groups excluding carboxylic acids is 1. The van der Waals surface area contributed by atoms with Crippen LogP contribution < -0.4 is 9.54 Å². The topological polar surface area (TPSA) is 87.0 Å². The molecule has 0 spiro atoms. The second-order valence-electron chi connectivity index (χ2n) is 6.38. The fraction of sp³-hybridized carbons (Fsp3) is 0.333. The summed E-state index contributed by atoms with van der Waals surface area (Å²) in [5, 5.41) is 0. The lowest BCUT2D eigenvalue weighted by molar-refractivity contribution is 0.0993. The zero-order valence-corrected chi connectivity index (χ0v) is 18.8. The maximum absolute atomic E-state index is 13.0. The molecule has 7 nitrogen and oxygen atoms in total. The van der Waals surface area contributed by atoms with Crippen molar-refractivity contribution < 1.29 is 22.7 Å². The molecule has 0 radical (unpaired) electrons. The quantitative estimate of drug-likeness (QED) is 0.494. The number of rotatable bonds is 8. The van der Waals surface area contributed by atoms with Crippen molar-refractivity contribution in [3.63, 3.8) is 0 Å². The summed E-state index contributed by atoms with van der Waals surface area (Å²) < 4.78 is 38.4. The third-order valence-electron chi connectivity index (χ3n) is 4.58. The molecule has 3 rings (SSSR count). The van der Waals surface area contributed by atoms with Crippen molar-refractivity contribution >= 4 is 37.3 Å². The van der Waals surface area contributed by atoms with Crippen molar-refractivity contribution in [2.45, 2.75) is 25.3 Å². The van der Waals surface area contributed by atoms with Crippen LogP contribution in [0, 0.1) is 0 Å². The third kappa shape index (κ3) is 4.63. The van der Waals surface area contributed by atoms with Crippen LogP contribution in [0.15, 0.2) is 52.4 Å². The zero-order valence-electron chi connectivity index (χ0n) is 17.1. The summed E-state index contributed by atoms with van der Waals surface area (Å²) in [5.74, 6) is 0.0261. The Morgan fingerprint density at radius 1 is 1.17 bits per heavy atom. The van der Waals surface area contributed by atoms with Crippen LogP contribution in [0.4, 0.5) is 0 Å². The molecule has 0 N–H and O–H groups in total. The van der Waals surface area contributed by atoms with Gasteiger partial charge >= 0.3 is 0 Å². The molecule has 1 heterocycles. The van der Waals surface area contributed by atoms with E-state index in [9.17, 15) is 13.2 Å². The number of nitrogens with zero attached hydrogens (tertiary/aromatic N) is 2. The van der Waals surface area contributed by atoms with E-state index in [1.54, 1.807) is 26.2 Å². The van der Waals surface area contributed by atoms with Crippen LogP contribution in [0.3, 0.4) is 0 Å². The van der Waals surface area contributed by atoms with Gasteiger partial charge in [-0.15, -0.1) is 0 Å². The first-order chi connectivity index (χ1) is 14.4. The minimum Gasteiger partial charge on any atom is -0.497 e. The Balaban J connectivity index is 2.14. The third-order valence-corrected chi connectivity index (χ3v) is 7.41. The number of hydrogen-bond acceptors (Lipinski definition) is 6. The van der Waals surface area contributed by atoms with Gasteiger partial charge in [-0.1, -0.05) is 30.4 Å². The Labute approximate surface area is 179 Å². The number of hydrogen-bond donors (Lipinski definition) is 0. The molecule has 9 heteroatoms. The van der Waals surface area contributed by atoms with Gasteiger partial charge in [-0.25, -0.2) is 8.42 Å². The zero-order chi connectivity index (χ0) is 21.7. The van der Waals surface area contributed by atoms with Crippen molar-refractivity contribution in [3.8, 4) is 5.75 Å². The average Bonchev–Trinajstić information content (AvgIpc) is 3.09. The molecule has 1 aromatic heterocycles. The lowest BCUT2D eigenvalue weighted by Gasteiger charge is -2.07. The monoisotopic (exact) mass is 448 g/mol. The highest BCUT2D eigenvalue weighted by Crippen LogP contribution is 2.24. The van der Waals surface area contributed by atoms with E-state index in [1.807, 2.05) is 29.7 Å². The van der Waals surface area contributed by atoms with Gasteiger partial charge in [0.1, 0.15) is 5.75 Å². The number of aromatic nitrogens is 1. The average molecular weight is 449 g/mol. The van der Waals surface area contributed by atoms with E-state index in [2.05, 4.69) is 4.99 Å².